The van der Waals surface area contributed by atoms with Gasteiger partial charge in [0.05, 0.1) is 28.1 Å². The number of nitrogens with zero attached hydrogens (tertiary/aromatic N) is 3. The summed E-state index contributed by atoms with van der Waals surface area (Å²) in [5.74, 6) is 0.128. The predicted molar refractivity (Wildman–Crippen MR) is 80.8 cm³/mol. The Bertz CT molecular complexity index is 633. The lowest BCUT2D eigenvalue weighted by atomic mass is 10.1. The van der Waals surface area contributed by atoms with Gasteiger partial charge in [-0.25, -0.2) is 23.0 Å². The molecule has 0 saturated heterocycles. The van der Waals surface area contributed by atoms with Crippen molar-refractivity contribution in [2.75, 3.05) is 0 Å². The first kappa shape index (κ1) is 15.8. The summed E-state index contributed by atoms with van der Waals surface area (Å²) in [6, 6.07) is 3.51. The zero-order chi connectivity index (χ0) is 15.6. The monoisotopic (exact) mass is 310 g/mol. The Hall–Kier alpha value is -1.60. The molecule has 0 fully saturated rings. The summed E-state index contributed by atoms with van der Waals surface area (Å²) < 4.78 is 29.1. The van der Waals surface area contributed by atoms with E-state index in [2.05, 4.69) is 14.8 Å². The van der Waals surface area contributed by atoms with Gasteiger partial charge in [-0.15, -0.1) is 0 Å². The summed E-state index contributed by atoms with van der Waals surface area (Å²) in [6.45, 7) is 7.66. The number of hydrogen-bond donors (Lipinski definition) is 1. The summed E-state index contributed by atoms with van der Waals surface area (Å²) in [5, 5.41) is 3.86. The van der Waals surface area contributed by atoms with Gasteiger partial charge in [-0.05, 0) is 39.3 Å². The van der Waals surface area contributed by atoms with E-state index in [4.69, 9.17) is 0 Å². The highest BCUT2D eigenvalue weighted by molar-refractivity contribution is 7.84. The molecule has 2 heterocycles. The minimum atomic E-state index is -1.15. The Kier molecular flexibility index (Phi) is 4.53. The molecule has 0 unspecified atom stereocenters. The van der Waals surface area contributed by atoms with Gasteiger partial charge in [0.2, 0.25) is 0 Å². The van der Waals surface area contributed by atoms with E-state index >= 15 is 0 Å². The second kappa shape index (κ2) is 6.03. The fraction of sp³-hybridized carbons (Fsp3) is 0.429. The van der Waals surface area contributed by atoms with Crippen molar-refractivity contribution in [2.24, 2.45) is 0 Å². The van der Waals surface area contributed by atoms with Crippen molar-refractivity contribution in [3.8, 4) is 5.82 Å². The molecule has 2 aromatic rings. The topological polar surface area (TPSA) is 59.8 Å². The van der Waals surface area contributed by atoms with Crippen LogP contribution < -0.4 is 4.72 Å². The third kappa shape index (κ3) is 3.95. The van der Waals surface area contributed by atoms with Crippen LogP contribution in [-0.2, 0) is 11.0 Å². The lowest BCUT2D eigenvalue weighted by Crippen LogP contribution is -2.34. The molecule has 0 amide bonds. The third-order valence-corrected chi connectivity index (χ3v) is 4.58. The fourth-order valence-electron chi connectivity index (χ4n) is 1.62. The van der Waals surface area contributed by atoms with Gasteiger partial charge in [0.25, 0.3) is 0 Å². The van der Waals surface area contributed by atoms with Crippen LogP contribution >= 0.6 is 0 Å². The van der Waals surface area contributed by atoms with Crippen LogP contribution in [-0.4, -0.2) is 23.7 Å². The molecule has 2 aromatic heterocycles. The molecule has 0 spiro atoms. The van der Waals surface area contributed by atoms with Gasteiger partial charge < -0.3 is 0 Å². The summed E-state index contributed by atoms with van der Waals surface area (Å²) in [7, 11) is -1.15. The van der Waals surface area contributed by atoms with Crippen molar-refractivity contribution in [2.45, 2.75) is 38.5 Å². The molecule has 0 aliphatic heterocycles. The Morgan fingerprint density at radius 3 is 2.52 bits per heavy atom. The second-order valence-corrected chi connectivity index (χ2v) is 7.77. The van der Waals surface area contributed by atoms with E-state index in [0.29, 0.717) is 5.82 Å². The molecule has 2 atom stereocenters. The van der Waals surface area contributed by atoms with Crippen LogP contribution in [0.25, 0.3) is 5.82 Å². The quantitative estimate of drug-likeness (QED) is 0.944. The van der Waals surface area contributed by atoms with Crippen molar-refractivity contribution in [1.29, 1.82) is 0 Å². The largest absolute Gasteiger partial charge is 0.242 e. The van der Waals surface area contributed by atoms with Gasteiger partial charge in [0, 0.05) is 12.2 Å². The zero-order valence-corrected chi connectivity index (χ0v) is 13.3. The first-order valence-electron chi connectivity index (χ1n) is 6.62. The number of nitrogens with one attached hydrogen (secondary N) is 1. The molecular formula is C14H19FN4OS. The van der Waals surface area contributed by atoms with E-state index in [1.54, 1.807) is 12.3 Å². The lowest BCUT2D eigenvalue weighted by molar-refractivity contribution is 0.615. The van der Waals surface area contributed by atoms with E-state index in [-0.39, 0.29) is 10.8 Å². The summed E-state index contributed by atoms with van der Waals surface area (Å²) in [6.07, 6.45) is 4.07. The highest BCUT2D eigenvalue weighted by atomic mass is 32.2. The number of pyridine rings is 1. The van der Waals surface area contributed by atoms with Crippen molar-refractivity contribution < 1.29 is 8.60 Å². The molecule has 0 aromatic carbocycles. The third-order valence-electron chi connectivity index (χ3n) is 2.90. The molecule has 0 aliphatic rings. The maximum atomic E-state index is 12.9. The fourth-order valence-corrected chi connectivity index (χ4v) is 2.43. The van der Waals surface area contributed by atoms with Crippen LogP contribution in [0.4, 0.5) is 4.39 Å². The molecule has 0 aliphatic carbocycles. The van der Waals surface area contributed by atoms with E-state index in [1.807, 2.05) is 33.8 Å². The van der Waals surface area contributed by atoms with Gasteiger partial charge in [0.1, 0.15) is 0 Å². The molecule has 5 nitrogen and oxygen atoms in total. The number of halogens is 1. The minimum absolute atomic E-state index is 0.0963. The smallest absolute Gasteiger partial charge is 0.161 e. The van der Waals surface area contributed by atoms with Crippen molar-refractivity contribution in [3.05, 3.63) is 42.1 Å². The molecular weight excluding hydrogens is 291 g/mol. The van der Waals surface area contributed by atoms with Crippen molar-refractivity contribution in [3.63, 3.8) is 0 Å². The average Bonchev–Trinajstić information content (AvgIpc) is 2.84. The normalized spacial score (nSPS) is 14.9. The molecule has 21 heavy (non-hydrogen) atoms. The molecule has 2 rings (SSSR count). The summed E-state index contributed by atoms with van der Waals surface area (Å²) in [4.78, 5) is 4.25. The Morgan fingerprint density at radius 1 is 1.33 bits per heavy atom. The van der Waals surface area contributed by atoms with Crippen LogP contribution in [0.15, 0.2) is 30.7 Å². The van der Waals surface area contributed by atoms with E-state index in [9.17, 15) is 8.60 Å². The molecule has 7 heteroatoms. The Morgan fingerprint density at radius 2 is 2.05 bits per heavy atom. The number of hydrogen-bond acceptors (Lipinski definition) is 3. The van der Waals surface area contributed by atoms with Crippen molar-refractivity contribution >= 4 is 11.0 Å². The lowest BCUT2D eigenvalue weighted by Gasteiger charge is -2.22. The second-order valence-electron chi connectivity index (χ2n) is 5.77. The first-order chi connectivity index (χ1) is 9.77. The van der Waals surface area contributed by atoms with Crippen LogP contribution in [0, 0.1) is 5.82 Å². The van der Waals surface area contributed by atoms with Crippen LogP contribution in [0.5, 0.6) is 0 Å². The number of rotatable bonds is 4. The van der Waals surface area contributed by atoms with Crippen LogP contribution in [0.2, 0.25) is 0 Å². The molecule has 0 saturated carbocycles. The minimum Gasteiger partial charge on any atom is -0.242 e. The predicted octanol–water partition coefficient (Wildman–Crippen LogP) is 2.52. The molecule has 114 valence electrons. The highest BCUT2D eigenvalue weighted by Crippen LogP contribution is 2.17. The summed E-state index contributed by atoms with van der Waals surface area (Å²) in [5.41, 5.74) is 0.906. The SMILES string of the molecule is C[C@@H](N[S@@](=O)C(C)(C)C)c1ccc(-n2cc(F)cn2)nc1. The molecule has 0 bridgehead atoms. The first-order valence-corrected chi connectivity index (χ1v) is 7.77. The standard InChI is InChI=1S/C14H19FN4OS/c1-10(18-21(20)14(2,3)4)11-5-6-13(16-7-11)19-9-12(15)8-17-19/h5-10,18H,1-4H3/t10-,21+/m1/s1. The maximum absolute atomic E-state index is 12.9. The maximum Gasteiger partial charge on any atom is 0.161 e. The van der Waals surface area contributed by atoms with Gasteiger partial charge >= 0.3 is 0 Å². The van der Waals surface area contributed by atoms with E-state index < -0.39 is 16.8 Å². The Balaban J connectivity index is 2.10. The van der Waals surface area contributed by atoms with Gasteiger partial charge in [-0.3, -0.25) is 0 Å². The molecule has 1 N–H and O–H groups in total. The van der Waals surface area contributed by atoms with Gasteiger partial charge in [-0.2, -0.15) is 5.10 Å². The van der Waals surface area contributed by atoms with E-state index in [0.717, 1.165) is 11.8 Å². The average molecular weight is 310 g/mol. The van der Waals surface area contributed by atoms with Crippen LogP contribution in [0.3, 0.4) is 0 Å². The van der Waals surface area contributed by atoms with Gasteiger partial charge in [-0.1, -0.05) is 6.07 Å². The van der Waals surface area contributed by atoms with Crippen LogP contribution in [0.1, 0.15) is 39.3 Å². The number of aromatic nitrogens is 3. The Labute approximate surface area is 126 Å². The summed E-state index contributed by atoms with van der Waals surface area (Å²) >= 11 is 0. The van der Waals surface area contributed by atoms with Gasteiger partial charge in [0.15, 0.2) is 11.6 Å². The van der Waals surface area contributed by atoms with E-state index in [1.165, 1.54) is 10.9 Å². The highest BCUT2D eigenvalue weighted by Gasteiger charge is 2.21. The molecule has 0 radical (unpaired) electrons. The van der Waals surface area contributed by atoms with Crippen molar-refractivity contribution in [1.82, 2.24) is 19.5 Å². The zero-order valence-electron chi connectivity index (χ0n) is 12.5.